The molecule has 2 heterocycles. The molecule has 2 amide bonds. The van der Waals surface area contributed by atoms with Gasteiger partial charge >= 0.3 is 6.03 Å². The average molecular weight is 488 g/mol. The number of hydrogen-bond donors (Lipinski definition) is 1. The molecule has 1 aliphatic heterocycles. The molecule has 0 saturated heterocycles. The molecule has 1 aromatic heterocycles. The summed E-state index contributed by atoms with van der Waals surface area (Å²) in [6.45, 7) is 1.98. The lowest BCUT2D eigenvalue weighted by atomic mass is 9.94. The first-order valence-corrected chi connectivity index (χ1v) is 11.2. The third kappa shape index (κ3) is 4.43. The minimum Gasteiger partial charge on any atom is -0.496 e. The Hall–Kier alpha value is -4.53. The Morgan fingerprint density at radius 3 is 2.53 bits per heavy atom. The lowest BCUT2D eigenvalue weighted by molar-refractivity contribution is 0.202. The highest BCUT2D eigenvalue weighted by Gasteiger charge is 2.36. The van der Waals surface area contributed by atoms with Crippen molar-refractivity contribution in [1.82, 2.24) is 20.4 Å². The summed E-state index contributed by atoms with van der Waals surface area (Å²) in [6, 6.07) is 18.1. The summed E-state index contributed by atoms with van der Waals surface area (Å²) in [5.41, 5.74) is 2.80. The molecule has 1 atom stereocenters. The van der Waals surface area contributed by atoms with Crippen molar-refractivity contribution in [3.8, 4) is 17.1 Å². The first-order valence-electron chi connectivity index (χ1n) is 11.2. The largest absolute Gasteiger partial charge is 0.496 e. The highest BCUT2D eigenvalue weighted by Crippen LogP contribution is 2.38. The summed E-state index contributed by atoms with van der Waals surface area (Å²) < 4.78 is 38.9. The van der Waals surface area contributed by atoms with E-state index < -0.39 is 17.7 Å². The Bertz CT molecular complexity index is 1470. The number of urea groups is 1. The lowest BCUT2D eigenvalue weighted by Gasteiger charge is -2.35. The topological polar surface area (TPSA) is 80.5 Å². The second-order valence-corrected chi connectivity index (χ2v) is 8.27. The number of ether oxygens (including phenoxy) is 1. The average Bonchev–Trinajstić information content (AvgIpc) is 3.36. The number of carbonyl (C=O) groups excluding carboxylic acids is 1. The number of amides is 2. The van der Waals surface area contributed by atoms with Crippen LogP contribution in [0.3, 0.4) is 0 Å². The van der Waals surface area contributed by atoms with Crippen LogP contribution in [0.15, 0.2) is 83.0 Å². The quantitative estimate of drug-likeness (QED) is 0.375. The normalized spacial score (nSPS) is 15.7. The van der Waals surface area contributed by atoms with Crippen LogP contribution in [0, 0.1) is 11.6 Å². The first kappa shape index (κ1) is 23.2. The minimum atomic E-state index is -0.747. The molecule has 3 aromatic carbocycles. The van der Waals surface area contributed by atoms with Gasteiger partial charge in [0.2, 0.25) is 5.82 Å². The molecule has 182 valence electrons. The van der Waals surface area contributed by atoms with E-state index in [1.165, 1.54) is 29.2 Å². The van der Waals surface area contributed by atoms with Crippen LogP contribution in [0.4, 0.5) is 13.6 Å². The van der Waals surface area contributed by atoms with Gasteiger partial charge in [-0.1, -0.05) is 47.6 Å². The van der Waals surface area contributed by atoms with Crippen LogP contribution in [0.1, 0.15) is 30.0 Å². The number of aromatic nitrogens is 2. The van der Waals surface area contributed by atoms with Crippen LogP contribution in [0.25, 0.3) is 17.0 Å². The van der Waals surface area contributed by atoms with E-state index >= 15 is 0 Å². The molecule has 7 nitrogen and oxygen atoms in total. The Morgan fingerprint density at radius 1 is 1.03 bits per heavy atom. The maximum Gasteiger partial charge on any atom is 0.322 e. The molecule has 1 N–H and O–H groups in total. The van der Waals surface area contributed by atoms with Gasteiger partial charge in [0.25, 0.3) is 5.89 Å². The van der Waals surface area contributed by atoms with Crippen molar-refractivity contribution in [2.75, 3.05) is 7.11 Å². The molecule has 0 bridgehead atoms. The first-order chi connectivity index (χ1) is 17.4. The second-order valence-electron chi connectivity index (χ2n) is 8.27. The van der Waals surface area contributed by atoms with Crippen molar-refractivity contribution >= 4 is 11.6 Å². The molecule has 0 spiro atoms. The van der Waals surface area contributed by atoms with Gasteiger partial charge in [0.05, 0.1) is 25.3 Å². The molecular weight excluding hydrogens is 466 g/mol. The van der Waals surface area contributed by atoms with Crippen LogP contribution in [0.5, 0.6) is 5.75 Å². The molecule has 1 aliphatic rings. The van der Waals surface area contributed by atoms with E-state index in [0.29, 0.717) is 28.1 Å². The summed E-state index contributed by atoms with van der Waals surface area (Å²) in [6.07, 6.45) is 0. The van der Waals surface area contributed by atoms with E-state index in [2.05, 4.69) is 15.5 Å². The zero-order valence-corrected chi connectivity index (χ0v) is 19.5. The second kappa shape index (κ2) is 9.61. The maximum atomic E-state index is 14.1. The predicted octanol–water partition coefficient (Wildman–Crippen LogP) is 5.72. The third-order valence-corrected chi connectivity index (χ3v) is 6.04. The van der Waals surface area contributed by atoms with Crippen LogP contribution in [-0.2, 0) is 6.54 Å². The molecule has 9 heteroatoms. The number of para-hydroxylation sites is 1. The van der Waals surface area contributed by atoms with Crippen molar-refractivity contribution in [1.29, 1.82) is 0 Å². The zero-order valence-electron chi connectivity index (χ0n) is 19.5. The van der Waals surface area contributed by atoms with Gasteiger partial charge in [-0.2, -0.15) is 4.98 Å². The van der Waals surface area contributed by atoms with E-state index in [9.17, 15) is 13.6 Å². The molecule has 1 unspecified atom stereocenters. The fourth-order valence-electron chi connectivity index (χ4n) is 4.27. The molecule has 4 aromatic rings. The fourth-order valence-corrected chi connectivity index (χ4v) is 4.27. The van der Waals surface area contributed by atoms with Crippen molar-refractivity contribution in [2.45, 2.75) is 19.5 Å². The van der Waals surface area contributed by atoms with Gasteiger partial charge < -0.3 is 14.6 Å². The van der Waals surface area contributed by atoms with E-state index in [0.717, 1.165) is 5.56 Å². The highest BCUT2D eigenvalue weighted by molar-refractivity contribution is 5.87. The zero-order chi connectivity index (χ0) is 25.2. The van der Waals surface area contributed by atoms with Crippen molar-refractivity contribution < 1.29 is 22.8 Å². The summed E-state index contributed by atoms with van der Waals surface area (Å²) >= 11 is 0. The fraction of sp³-hybridized carbons (Fsp3) is 0.148. The van der Waals surface area contributed by atoms with Gasteiger partial charge in [-0.3, -0.25) is 4.90 Å². The van der Waals surface area contributed by atoms with Crippen LogP contribution >= 0.6 is 0 Å². The van der Waals surface area contributed by atoms with Crippen LogP contribution < -0.4 is 10.1 Å². The molecular formula is C27H22F2N4O3. The summed E-state index contributed by atoms with van der Waals surface area (Å²) in [5.74, 6) is 0.0843. The monoisotopic (exact) mass is 488 g/mol. The number of carbonyl (C=O) groups is 1. The van der Waals surface area contributed by atoms with E-state index in [1.54, 1.807) is 38.3 Å². The predicted molar refractivity (Wildman–Crippen MR) is 128 cm³/mol. The Labute approximate surface area is 206 Å². The lowest BCUT2D eigenvalue weighted by Crippen LogP contribution is -2.45. The highest BCUT2D eigenvalue weighted by atomic mass is 19.1. The van der Waals surface area contributed by atoms with Crippen molar-refractivity contribution in [2.24, 2.45) is 0 Å². The SMILES string of the molecule is COc1ccccc1CN1C(=O)NC(c2cccc(F)c2)C(c2nc(-c3cccc(F)c3)no2)=C1C. The van der Waals surface area contributed by atoms with Gasteiger partial charge in [-0.05, 0) is 42.8 Å². The van der Waals surface area contributed by atoms with E-state index in [-0.39, 0.29) is 24.3 Å². The number of nitrogens with zero attached hydrogens (tertiary/aromatic N) is 3. The van der Waals surface area contributed by atoms with Gasteiger partial charge in [0, 0.05) is 16.8 Å². The smallest absolute Gasteiger partial charge is 0.322 e. The Balaban J connectivity index is 1.61. The number of hydrogen-bond acceptors (Lipinski definition) is 5. The minimum absolute atomic E-state index is 0.131. The third-order valence-electron chi connectivity index (χ3n) is 6.04. The van der Waals surface area contributed by atoms with Gasteiger partial charge in [-0.25, -0.2) is 13.6 Å². The number of benzene rings is 3. The number of methoxy groups -OCH3 is 1. The van der Waals surface area contributed by atoms with Crippen LogP contribution in [0.2, 0.25) is 0 Å². The summed E-state index contributed by atoms with van der Waals surface area (Å²) in [5, 5.41) is 6.96. The van der Waals surface area contributed by atoms with Gasteiger partial charge in [0.1, 0.15) is 17.4 Å². The van der Waals surface area contributed by atoms with Crippen LogP contribution in [-0.4, -0.2) is 28.2 Å². The molecule has 5 rings (SSSR count). The Morgan fingerprint density at radius 2 is 1.78 bits per heavy atom. The van der Waals surface area contributed by atoms with Crippen molar-refractivity contribution in [3.05, 3.63) is 107 Å². The number of allylic oxidation sites excluding steroid dienone is 1. The van der Waals surface area contributed by atoms with Gasteiger partial charge in [0.15, 0.2) is 0 Å². The van der Waals surface area contributed by atoms with Crippen molar-refractivity contribution in [3.63, 3.8) is 0 Å². The number of rotatable bonds is 6. The summed E-state index contributed by atoms with van der Waals surface area (Å²) in [7, 11) is 1.57. The molecule has 0 fully saturated rings. The van der Waals surface area contributed by atoms with E-state index in [1.807, 2.05) is 24.3 Å². The molecule has 0 radical (unpaired) electrons. The number of nitrogens with one attached hydrogen (secondary N) is 1. The molecule has 0 saturated carbocycles. The maximum absolute atomic E-state index is 14.1. The molecule has 0 aliphatic carbocycles. The Kier molecular flexibility index (Phi) is 6.20. The van der Waals surface area contributed by atoms with E-state index in [4.69, 9.17) is 9.26 Å². The standard InChI is InChI=1S/C27H22F2N4O3/c1-16-23(26-31-25(32-36-26)18-9-6-11-21(29)14-18)24(17-8-5-10-20(28)13-17)30-27(34)33(16)15-19-7-3-4-12-22(19)35-2/h3-14,24H,15H2,1-2H3,(H,30,34). The summed E-state index contributed by atoms with van der Waals surface area (Å²) in [4.78, 5) is 19.3. The molecule has 36 heavy (non-hydrogen) atoms. The number of halogens is 2. The van der Waals surface area contributed by atoms with Gasteiger partial charge in [-0.15, -0.1) is 0 Å².